The fraction of sp³-hybridized carbons (Fsp3) is 0.368. The summed E-state index contributed by atoms with van der Waals surface area (Å²) in [4.78, 5) is 25.5. The van der Waals surface area contributed by atoms with Gasteiger partial charge in [-0.15, -0.1) is 0 Å². The zero-order chi connectivity index (χ0) is 18.8. The topological polar surface area (TPSA) is 67.2 Å². The van der Waals surface area contributed by atoms with Gasteiger partial charge in [-0.05, 0) is 57.0 Å². The molecule has 0 saturated heterocycles. The van der Waals surface area contributed by atoms with Crippen molar-refractivity contribution in [2.75, 3.05) is 0 Å². The van der Waals surface area contributed by atoms with E-state index < -0.39 is 0 Å². The van der Waals surface area contributed by atoms with Crippen LogP contribution in [-0.4, -0.2) is 32.3 Å². The van der Waals surface area contributed by atoms with Crippen molar-refractivity contribution in [2.45, 2.75) is 45.5 Å². The zero-order valence-electron chi connectivity index (χ0n) is 15.2. The molecule has 0 bridgehead atoms. The number of halogens is 1. The van der Waals surface area contributed by atoms with E-state index in [0.29, 0.717) is 6.42 Å². The Hall–Kier alpha value is -2.28. The first-order valence-electron chi connectivity index (χ1n) is 8.43. The second-order valence-electron chi connectivity index (χ2n) is 6.56. The van der Waals surface area contributed by atoms with Crippen molar-refractivity contribution in [1.29, 1.82) is 0 Å². The van der Waals surface area contributed by atoms with Crippen LogP contribution in [0.2, 0.25) is 0 Å². The summed E-state index contributed by atoms with van der Waals surface area (Å²) >= 11 is 1.50. The largest absolute Gasteiger partial charge is 0.335 e. The van der Waals surface area contributed by atoms with Gasteiger partial charge in [0.15, 0.2) is 0 Å². The van der Waals surface area contributed by atoms with Crippen LogP contribution in [0.5, 0.6) is 0 Å². The average molecular weight is 372 g/mol. The summed E-state index contributed by atoms with van der Waals surface area (Å²) in [5, 5.41) is 3.65. The Labute approximate surface area is 156 Å². The van der Waals surface area contributed by atoms with Gasteiger partial charge in [0.2, 0.25) is 5.82 Å². The molecule has 7 heteroatoms. The molecule has 26 heavy (non-hydrogen) atoms. The first-order chi connectivity index (χ1) is 12.3. The Balaban J connectivity index is 1.65. The Morgan fingerprint density at radius 3 is 2.50 bits per heavy atom. The maximum Gasteiger partial charge on any atom is 0.290 e. The molecular formula is C19H21FN4OS. The van der Waals surface area contributed by atoms with Gasteiger partial charge in [0.05, 0.1) is 11.1 Å². The average Bonchev–Trinajstić information content (AvgIpc) is 2.84. The molecule has 0 fully saturated rings. The van der Waals surface area contributed by atoms with Crippen LogP contribution in [0, 0.1) is 26.6 Å². The molecule has 1 N–H and O–H groups in total. The number of carbonyl (C=O) groups excluding carboxylic acids is 1. The molecule has 0 aliphatic carbocycles. The lowest BCUT2D eigenvalue weighted by molar-refractivity contribution is 0.0936. The number of hydrogen-bond acceptors (Lipinski definition) is 5. The minimum atomic E-state index is -0.306. The molecule has 2 heterocycles. The maximum absolute atomic E-state index is 13.6. The van der Waals surface area contributed by atoms with Crippen LogP contribution >= 0.6 is 11.8 Å². The number of nitrogens with zero attached hydrogens (tertiary/aromatic N) is 3. The van der Waals surface area contributed by atoms with Gasteiger partial charge in [0.25, 0.3) is 5.91 Å². The lowest BCUT2D eigenvalue weighted by atomic mass is 10.1. The molecule has 1 aromatic carbocycles. The predicted octanol–water partition coefficient (Wildman–Crippen LogP) is 3.37. The van der Waals surface area contributed by atoms with Gasteiger partial charge < -0.3 is 5.32 Å². The molecular weight excluding hydrogens is 351 g/mol. The number of carbonyl (C=O) groups is 1. The van der Waals surface area contributed by atoms with Crippen LogP contribution in [0.25, 0.3) is 0 Å². The first-order valence-corrected chi connectivity index (χ1v) is 9.30. The maximum atomic E-state index is 13.6. The molecule has 3 rings (SSSR count). The van der Waals surface area contributed by atoms with Crippen LogP contribution in [0.15, 0.2) is 29.3 Å². The second kappa shape index (κ2) is 7.53. The van der Waals surface area contributed by atoms with Crippen LogP contribution in [0.4, 0.5) is 4.39 Å². The van der Waals surface area contributed by atoms with Gasteiger partial charge in [-0.1, -0.05) is 17.8 Å². The highest BCUT2D eigenvalue weighted by Gasteiger charge is 2.29. The molecule has 136 valence electrons. The predicted molar refractivity (Wildman–Crippen MR) is 102 cm³/mol. The SMILES string of the molecule is Cc1cc(F)cc(CC2=NC(C)C(NC(=O)c3nc(C)cc(C)n3)S2)c1. The quantitative estimate of drug-likeness (QED) is 0.893. The number of thioether (sulfide) groups is 1. The molecule has 1 aromatic heterocycles. The van der Waals surface area contributed by atoms with Gasteiger partial charge in [-0.2, -0.15) is 0 Å². The molecule has 0 saturated carbocycles. The third kappa shape index (κ3) is 4.46. The van der Waals surface area contributed by atoms with Crippen molar-refractivity contribution < 1.29 is 9.18 Å². The normalized spacial score (nSPS) is 19.3. The van der Waals surface area contributed by atoms with E-state index in [2.05, 4.69) is 20.3 Å². The van der Waals surface area contributed by atoms with E-state index in [1.807, 2.05) is 39.8 Å². The van der Waals surface area contributed by atoms with Gasteiger partial charge in [0.1, 0.15) is 11.2 Å². The summed E-state index contributed by atoms with van der Waals surface area (Å²) in [6.45, 7) is 7.48. The van der Waals surface area contributed by atoms with Crippen molar-refractivity contribution >= 4 is 22.7 Å². The van der Waals surface area contributed by atoms with E-state index in [1.165, 1.54) is 23.9 Å². The standard InChI is InChI=1S/C19H21FN4OS/c1-10-5-14(8-15(20)6-10)9-16-23-13(4)19(26-16)24-18(25)17-21-11(2)7-12(3)22-17/h5-8,13,19H,9H2,1-4H3,(H,24,25). The molecule has 2 aromatic rings. The van der Waals surface area contributed by atoms with Crippen molar-refractivity contribution in [2.24, 2.45) is 4.99 Å². The number of aliphatic imine (C=N–C) groups is 1. The summed E-state index contributed by atoms with van der Waals surface area (Å²) < 4.78 is 13.6. The van der Waals surface area contributed by atoms with Crippen molar-refractivity contribution in [1.82, 2.24) is 15.3 Å². The molecule has 1 amide bonds. The summed E-state index contributed by atoms with van der Waals surface area (Å²) in [5.74, 6) is -0.378. The Bertz CT molecular complexity index is 843. The van der Waals surface area contributed by atoms with Crippen LogP contribution in [0.3, 0.4) is 0 Å². The lowest BCUT2D eigenvalue weighted by Crippen LogP contribution is -2.38. The van der Waals surface area contributed by atoms with Crippen molar-refractivity contribution in [3.05, 3.63) is 58.4 Å². The van der Waals surface area contributed by atoms with Gasteiger partial charge in [-0.3, -0.25) is 9.79 Å². The summed E-state index contributed by atoms with van der Waals surface area (Å²) in [6.07, 6.45) is 0.556. The molecule has 1 aliphatic rings. The molecule has 2 unspecified atom stereocenters. The number of nitrogens with one attached hydrogen (secondary N) is 1. The highest BCUT2D eigenvalue weighted by atomic mass is 32.2. The third-order valence-electron chi connectivity index (χ3n) is 3.96. The Morgan fingerprint density at radius 1 is 1.15 bits per heavy atom. The third-order valence-corrected chi connectivity index (χ3v) is 5.25. The van der Waals surface area contributed by atoms with E-state index >= 15 is 0 Å². The molecule has 0 spiro atoms. The van der Waals surface area contributed by atoms with E-state index in [-0.39, 0.29) is 29.0 Å². The summed E-state index contributed by atoms with van der Waals surface area (Å²) in [5.41, 5.74) is 3.28. The number of benzene rings is 1. The fourth-order valence-electron chi connectivity index (χ4n) is 2.92. The van der Waals surface area contributed by atoms with E-state index in [9.17, 15) is 9.18 Å². The summed E-state index contributed by atoms with van der Waals surface area (Å²) in [6, 6.07) is 6.73. The minimum absolute atomic E-state index is 0.0699. The van der Waals surface area contributed by atoms with Gasteiger partial charge in [-0.25, -0.2) is 14.4 Å². The zero-order valence-corrected chi connectivity index (χ0v) is 16.0. The fourth-order valence-corrected chi connectivity index (χ4v) is 4.11. The van der Waals surface area contributed by atoms with Crippen molar-refractivity contribution in [3.63, 3.8) is 0 Å². The monoisotopic (exact) mass is 372 g/mol. The number of rotatable bonds is 4. The van der Waals surface area contributed by atoms with Gasteiger partial charge in [0, 0.05) is 17.8 Å². The highest BCUT2D eigenvalue weighted by molar-refractivity contribution is 8.14. The molecule has 5 nitrogen and oxygen atoms in total. The molecule has 0 radical (unpaired) electrons. The smallest absolute Gasteiger partial charge is 0.290 e. The van der Waals surface area contributed by atoms with Crippen molar-refractivity contribution in [3.8, 4) is 0 Å². The van der Waals surface area contributed by atoms with E-state index in [0.717, 1.165) is 27.6 Å². The number of hydrogen-bond donors (Lipinski definition) is 1. The molecule has 1 aliphatic heterocycles. The van der Waals surface area contributed by atoms with E-state index in [4.69, 9.17) is 0 Å². The van der Waals surface area contributed by atoms with Crippen LogP contribution in [-0.2, 0) is 6.42 Å². The summed E-state index contributed by atoms with van der Waals surface area (Å²) in [7, 11) is 0. The molecule has 2 atom stereocenters. The number of aryl methyl sites for hydroxylation is 3. The second-order valence-corrected chi connectivity index (χ2v) is 7.78. The Kier molecular flexibility index (Phi) is 5.36. The minimum Gasteiger partial charge on any atom is -0.335 e. The number of aromatic nitrogens is 2. The number of amides is 1. The first kappa shape index (κ1) is 18.5. The van der Waals surface area contributed by atoms with Crippen LogP contribution < -0.4 is 5.32 Å². The van der Waals surface area contributed by atoms with E-state index in [1.54, 1.807) is 0 Å². The van der Waals surface area contributed by atoms with Crippen LogP contribution in [0.1, 0.15) is 40.1 Å². The Morgan fingerprint density at radius 2 is 1.85 bits per heavy atom. The lowest BCUT2D eigenvalue weighted by Gasteiger charge is -2.15. The van der Waals surface area contributed by atoms with Gasteiger partial charge >= 0.3 is 0 Å². The highest BCUT2D eigenvalue weighted by Crippen LogP contribution is 2.27.